The minimum absolute atomic E-state index is 0.128. The van der Waals surface area contributed by atoms with Crippen molar-refractivity contribution in [3.8, 4) is 5.75 Å². The summed E-state index contributed by atoms with van der Waals surface area (Å²) in [5.41, 5.74) is 3.58. The van der Waals surface area contributed by atoms with Crippen molar-refractivity contribution in [1.82, 2.24) is 0 Å². The molecule has 4 heteroatoms. The Morgan fingerprint density at radius 2 is 2.08 bits per heavy atom. The molecule has 0 spiro atoms. The number of benzene rings is 2. The topological polar surface area (TPSA) is 49.8 Å². The van der Waals surface area contributed by atoms with Crippen LogP contribution in [-0.4, -0.2) is 23.7 Å². The van der Waals surface area contributed by atoms with Gasteiger partial charge in [0.25, 0.3) is 0 Å². The number of aryl methyl sites for hydroxylation is 1. The fourth-order valence-electron chi connectivity index (χ4n) is 3.01. The third-order valence-electron chi connectivity index (χ3n) is 4.42. The summed E-state index contributed by atoms with van der Waals surface area (Å²) >= 11 is 0. The maximum atomic E-state index is 11.2. The fourth-order valence-corrected chi connectivity index (χ4v) is 3.01. The van der Waals surface area contributed by atoms with Gasteiger partial charge in [-0.25, -0.2) is 4.79 Å². The number of carbonyl (C=O) groups is 1. The van der Waals surface area contributed by atoms with Crippen molar-refractivity contribution in [3.05, 3.63) is 59.2 Å². The second kappa shape index (κ2) is 6.56. The third kappa shape index (κ3) is 3.37. The zero-order valence-corrected chi connectivity index (χ0v) is 14.3. The minimum atomic E-state index is -0.893. The van der Waals surface area contributed by atoms with Gasteiger partial charge in [-0.3, -0.25) is 0 Å². The summed E-state index contributed by atoms with van der Waals surface area (Å²) in [7, 11) is 0. The molecule has 1 N–H and O–H groups in total. The molecule has 1 atom stereocenters. The summed E-state index contributed by atoms with van der Waals surface area (Å²) in [6.45, 7) is 7.85. The van der Waals surface area contributed by atoms with Gasteiger partial charge < -0.3 is 14.7 Å². The molecule has 0 bridgehead atoms. The quantitative estimate of drug-likeness (QED) is 0.919. The van der Waals surface area contributed by atoms with Crippen LogP contribution in [0.4, 0.5) is 5.69 Å². The second-order valence-electron chi connectivity index (χ2n) is 6.76. The molecule has 0 saturated carbocycles. The van der Waals surface area contributed by atoms with Gasteiger partial charge in [-0.1, -0.05) is 32.0 Å². The zero-order chi connectivity index (χ0) is 17.3. The SMILES string of the molecule is Cc1ccc2c(c1)N(Cc1cccc(C(=O)O)c1)CC(C(C)C)O2. The van der Waals surface area contributed by atoms with Crippen molar-refractivity contribution >= 4 is 11.7 Å². The number of aromatic carboxylic acids is 1. The predicted molar refractivity (Wildman–Crippen MR) is 94.9 cm³/mol. The molecule has 24 heavy (non-hydrogen) atoms. The summed E-state index contributed by atoms with van der Waals surface area (Å²) < 4.78 is 6.14. The molecule has 3 rings (SSSR count). The van der Waals surface area contributed by atoms with Gasteiger partial charge in [0.1, 0.15) is 11.9 Å². The van der Waals surface area contributed by atoms with Crippen molar-refractivity contribution in [2.75, 3.05) is 11.4 Å². The maximum Gasteiger partial charge on any atom is 0.335 e. The molecule has 1 unspecified atom stereocenters. The van der Waals surface area contributed by atoms with Crippen LogP contribution in [0.25, 0.3) is 0 Å². The van der Waals surface area contributed by atoms with Crippen molar-refractivity contribution in [3.63, 3.8) is 0 Å². The second-order valence-corrected chi connectivity index (χ2v) is 6.76. The van der Waals surface area contributed by atoms with E-state index in [0.717, 1.165) is 23.5 Å². The Kier molecular flexibility index (Phi) is 4.47. The molecule has 0 aromatic heterocycles. The number of hydrogen-bond acceptors (Lipinski definition) is 3. The molecule has 4 nitrogen and oxygen atoms in total. The molecule has 0 saturated heterocycles. The van der Waals surface area contributed by atoms with E-state index in [9.17, 15) is 9.90 Å². The molecule has 0 radical (unpaired) electrons. The molecule has 1 aliphatic heterocycles. The van der Waals surface area contributed by atoms with E-state index < -0.39 is 5.97 Å². The van der Waals surface area contributed by atoms with Crippen LogP contribution >= 0.6 is 0 Å². The van der Waals surface area contributed by atoms with Crippen LogP contribution in [0.15, 0.2) is 42.5 Å². The molecular formula is C20H23NO3. The molecule has 1 aliphatic rings. The fraction of sp³-hybridized carbons (Fsp3) is 0.350. The molecule has 2 aromatic rings. The van der Waals surface area contributed by atoms with Gasteiger partial charge in [-0.15, -0.1) is 0 Å². The summed E-state index contributed by atoms with van der Waals surface area (Å²) in [4.78, 5) is 13.5. The summed E-state index contributed by atoms with van der Waals surface area (Å²) in [6, 6.07) is 13.4. The normalized spacial score (nSPS) is 16.7. The van der Waals surface area contributed by atoms with E-state index in [2.05, 4.69) is 37.8 Å². The standard InChI is InChI=1S/C20H23NO3/c1-13(2)19-12-21(17-9-14(3)7-8-18(17)24-19)11-15-5-4-6-16(10-15)20(22)23/h4-10,13,19H,11-12H2,1-3H3,(H,22,23). The molecule has 0 fully saturated rings. The van der Waals surface area contributed by atoms with E-state index >= 15 is 0 Å². The molecule has 2 aromatic carbocycles. The Hall–Kier alpha value is -2.49. The third-order valence-corrected chi connectivity index (χ3v) is 4.42. The van der Waals surface area contributed by atoms with Gasteiger partial charge >= 0.3 is 5.97 Å². The van der Waals surface area contributed by atoms with Crippen LogP contribution in [0.5, 0.6) is 5.75 Å². The van der Waals surface area contributed by atoms with E-state index in [1.54, 1.807) is 18.2 Å². The first-order chi connectivity index (χ1) is 11.4. The van der Waals surface area contributed by atoms with E-state index in [1.165, 1.54) is 5.56 Å². The number of anilines is 1. The van der Waals surface area contributed by atoms with Crippen LogP contribution < -0.4 is 9.64 Å². The Morgan fingerprint density at radius 3 is 2.79 bits per heavy atom. The Balaban J connectivity index is 1.93. The van der Waals surface area contributed by atoms with Crippen LogP contribution in [0, 0.1) is 12.8 Å². The van der Waals surface area contributed by atoms with E-state index in [-0.39, 0.29) is 6.10 Å². The highest BCUT2D eigenvalue weighted by Crippen LogP contribution is 2.36. The number of hydrogen-bond donors (Lipinski definition) is 1. The highest BCUT2D eigenvalue weighted by atomic mass is 16.5. The number of ether oxygens (including phenoxy) is 1. The summed E-state index contributed by atoms with van der Waals surface area (Å²) in [5, 5.41) is 9.19. The number of carboxylic acid groups (broad SMARTS) is 1. The number of carboxylic acids is 1. The zero-order valence-electron chi connectivity index (χ0n) is 14.3. The predicted octanol–water partition coefficient (Wildman–Crippen LogP) is 4.12. The average molecular weight is 325 g/mol. The largest absolute Gasteiger partial charge is 0.486 e. The lowest BCUT2D eigenvalue weighted by atomic mass is 10.0. The van der Waals surface area contributed by atoms with Gasteiger partial charge in [0.05, 0.1) is 17.8 Å². The van der Waals surface area contributed by atoms with Gasteiger partial charge in [-0.05, 0) is 48.2 Å². The Labute approximate surface area is 142 Å². The molecular weight excluding hydrogens is 302 g/mol. The van der Waals surface area contributed by atoms with E-state index in [4.69, 9.17) is 4.74 Å². The number of rotatable bonds is 4. The first-order valence-electron chi connectivity index (χ1n) is 8.28. The van der Waals surface area contributed by atoms with Gasteiger partial charge in [0.2, 0.25) is 0 Å². The molecule has 1 heterocycles. The lowest BCUT2D eigenvalue weighted by molar-refractivity contribution is 0.0696. The first kappa shape index (κ1) is 16.4. The van der Waals surface area contributed by atoms with Crippen molar-refractivity contribution in [2.45, 2.75) is 33.4 Å². The van der Waals surface area contributed by atoms with E-state index in [0.29, 0.717) is 18.0 Å². The van der Waals surface area contributed by atoms with Gasteiger partial charge in [-0.2, -0.15) is 0 Å². The van der Waals surface area contributed by atoms with Crippen LogP contribution in [0.2, 0.25) is 0 Å². The average Bonchev–Trinajstić information content (AvgIpc) is 2.55. The maximum absolute atomic E-state index is 11.2. The Morgan fingerprint density at radius 1 is 1.29 bits per heavy atom. The highest BCUT2D eigenvalue weighted by Gasteiger charge is 2.28. The van der Waals surface area contributed by atoms with Gasteiger partial charge in [0.15, 0.2) is 0 Å². The van der Waals surface area contributed by atoms with Gasteiger partial charge in [0, 0.05) is 6.54 Å². The molecule has 0 aliphatic carbocycles. The molecule has 0 amide bonds. The van der Waals surface area contributed by atoms with Crippen LogP contribution in [0.3, 0.4) is 0 Å². The minimum Gasteiger partial charge on any atom is -0.486 e. The highest BCUT2D eigenvalue weighted by molar-refractivity contribution is 5.87. The first-order valence-corrected chi connectivity index (χ1v) is 8.28. The van der Waals surface area contributed by atoms with Crippen LogP contribution in [0.1, 0.15) is 35.3 Å². The number of nitrogens with zero attached hydrogens (tertiary/aromatic N) is 1. The smallest absolute Gasteiger partial charge is 0.335 e. The number of fused-ring (bicyclic) bond motifs is 1. The van der Waals surface area contributed by atoms with Crippen molar-refractivity contribution in [1.29, 1.82) is 0 Å². The molecule has 126 valence electrons. The van der Waals surface area contributed by atoms with Crippen molar-refractivity contribution < 1.29 is 14.6 Å². The Bertz CT molecular complexity index is 754. The van der Waals surface area contributed by atoms with Crippen molar-refractivity contribution in [2.24, 2.45) is 5.92 Å². The lowest BCUT2D eigenvalue weighted by Gasteiger charge is -2.38. The lowest BCUT2D eigenvalue weighted by Crippen LogP contribution is -2.42. The monoisotopic (exact) mass is 325 g/mol. The van der Waals surface area contributed by atoms with E-state index in [1.807, 2.05) is 12.1 Å². The summed E-state index contributed by atoms with van der Waals surface area (Å²) in [5.74, 6) is 0.419. The van der Waals surface area contributed by atoms with Crippen LogP contribution in [-0.2, 0) is 6.54 Å². The summed E-state index contributed by atoms with van der Waals surface area (Å²) in [6.07, 6.45) is 0.128.